The molecule has 0 fully saturated rings. The molecule has 1 N–H and O–H groups in total. The van der Waals surface area contributed by atoms with Crippen LogP contribution in [0.4, 0.5) is 11.4 Å². The minimum absolute atomic E-state index is 0.100. The van der Waals surface area contributed by atoms with E-state index >= 15 is 0 Å². The van der Waals surface area contributed by atoms with Crippen LogP contribution in [0.5, 0.6) is 0 Å². The number of esters is 1. The van der Waals surface area contributed by atoms with Crippen LogP contribution in [-0.4, -0.2) is 33.2 Å². The van der Waals surface area contributed by atoms with Gasteiger partial charge in [-0.1, -0.05) is 24.3 Å². The Morgan fingerprint density at radius 3 is 2.68 bits per heavy atom. The highest BCUT2D eigenvalue weighted by Gasteiger charge is 2.28. The van der Waals surface area contributed by atoms with E-state index in [9.17, 15) is 19.7 Å². The molecular formula is C22H20N4O5. The van der Waals surface area contributed by atoms with Crippen LogP contribution in [0.25, 0.3) is 5.69 Å². The first kappa shape index (κ1) is 20.3. The fourth-order valence-corrected chi connectivity index (χ4v) is 3.73. The zero-order valence-corrected chi connectivity index (χ0v) is 16.8. The molecule has 1 heterocycles. The summed E-state index contributed by atoms with van der Waals surface area (Å²) < 4.78 is 6.95. The summed E-state index contributed by atoms with van der Waals surface area (Å²) in [6.07, 6.45) is 2.47. The lowest BCUT2D eigenvalue weighted by atomic mass is 10.1. The predicted octanol–water partition coefficient (Wildman–Crippen LogP) is 3.37. The highest BCUT2D eigenvalue weighted by Crippen LogP contribution is 2.28. The molecule has 0 saturated heterocycles. The van der Waals surface area contributed by atoms with Gasteiger partial charge < -0.3 is 10.1 Å². The Kier molecular flexibility index (Phi) is 5.48. The van der Waals surface area contributed by atoms with Gasteiger partial charge in [0.15, 0.2) is 12.3 Å². The van der Waals surface area contributed by atoms with Crippen molar-refractivity contribution in [2.75, 3.05) is 11.9 Å². The molecule has 9 heteroatoms. The molecule has 0 bridgehead atoms. The molecule has 0 unspecified atom stereocenters. The molecule has 1 amide bonds. The first-order chi connectivity index (χ1) is 15.0. The highest BCUT2D eigenvalue weighted by molar-refractivity contribution is 5.96. The normalized spacial score (nSPS) is 12.3. The SMILES string of the molecule is Cc1c(NC(=O)COC(=O)c2nn(-c3ccccc3)c3c2CCC3)cccc1[N+](=O)[O-]. The molecule has 158 valence electrons. The van der Waals surface area contributed by atoms with E-state index in [4.69, 9.17) is 4.74 Å². The molecule has 0 atom stereocenters. The molecule has 0 spiro atoms. The Hall–Kier alpha value is -4.01. The molecule has 3 aromatic rings. The van der Waals surface area contributed by atoms with Crippen molar-refractivity contribution >= 4 is 23.3 Å². The number of hydrogen-bond acceptors (Lipinski definition) is 6. The molecule has 1 aromatic heterocycles. The maximum absolute atomic E-state index is 12.6. The number of para-hydroxylation sites is 1. The van der Waals surface area contributed by atoms with E-state index in [0.29, 0.717) is 11.3 Å². The summed E-state index contributed by atoms with van der Waals surface area (Å²) in [5.74, 6) is -1.25. The number of carbonyl (C=O) groups excluding carboxylic acids is 2. The second-order valence-electron chi connectivity index (χ2n) is 7.21. The molecule has 2 aromatic carbocycles. The lowest BCUT2D eigenvalue weighted by Gasteiger charge is -2.09. The number of fused-ring (bicyclic) bond motifs is 1. The van der Waals surface area contributed by atoms with Crippen LogP contribution in [0, 0.1) is 17.0 Å². The van der Waals surface area contributed by atoms with E-state index in [1.54, 1.807) is 17.7 Å². The third-order valence-electron chi connectivity index (χ3n) is 5.23. The first-order valence-electron chi connectivity index (χ1n) is 9.83. The number of nitrogens with one attached hydrogen (secondary N) is 1. The minimum Gasteiger partial charge on any atom is -0.451 e. The van der Waals surface area contributed by atoms with Gasteiger partial charge in [-0.15, -0.1) is 0 Å². The van der Waals surface area contributed by atoms with Crippen LogP contribution in [0.1, 0.15) is 33.7 Å². The number of nitro groups is 1. The number of anilines is 1. The maximum Gasteiger partial charge on any atom is 0.359 e. The second-order valence-corrected chi connectivity index (χ2v) is 7.21. The van der Waals surface area contributed by atoms with Crippen LogP contribution in [0.2, 0.25) is 0 Å². The fourth-order valence-electron chi connectivity index (χ4n) is 3.73. The Morgan fingerprint density at radius 2 is 1.94 bits per heavy atom. The Balaban J connectivity index is 1.46. The van der Waals surface area contributed by atoms with Gasteiger partial charge in [-0.25, -0.2) is 9.48 Å². The smallest absolute Gasteiger partial charge is 0.359 e. The molecule has 0 saturated carbocycles. The summed E-state index contributed by atoms with van der Waals surface area (Å²) in [7, 11) is 0. The van der Waals surface area contributed by atoms with Crippen LogP contribution < -0.4 is 5.32 Å². The van der Waals surface area contributed by atoms with Crippen LogP contribution in [0.3, 0.4) is 0 Å². The Bertz CT molecular complexity index is 1170. The predicted molar refractivity (Wildman–Crippen MR) is 112 cm³/mol. The summed E-state index contributed by atoms with van der Waals surface area (Å²) in [4.78, 5) is 35.4. The third-order valence-corrected chi connectivity index (χ3v) is 5.23. The average molecular weight is 420 g/mol. The monoisotopic (exact) mass is 420 g/mol. The van der Waals surface area contributed by atoms with Gasteiger partial charge in [0.25, 0.3) is 11.6 Å². The maximum atomic E-state index is 12.6. The zero-order chi connectivity index (χ0) is 22.0. The molecule has 9 nitrogen and oxygen atoms in total. The second kappa shape index (κ2) is 8.39. The van der Waals surface area contributed by atoms with Crippen molar-refractivity contribution in [1.82, 2.24) is 9.78 Å². The van der Waals surface area contributed by atoms with Gasteiger partial charge in [-0.3, -0.25) is 14.9 Å². The summed E-state index contributed by atoms with van der Waals surface area (Å²) in [5.41, 5.74) is 3.43. The number of nitrogens with zero attached hydrogens (tertiary/aromatic N) is 3. The highest BCUT2D eigenvalue weighted by atomic mass is 16.6. The van der Waals surface area contributed by atoms with E-state index in [1.807, 2.05) is 30.3 Å². The number of amides is 1. The van der Waals surface area contributed by atoms with Crippen molar-refractivity contribution in [2.24, 2.45) is 0 Å². The largest absolute Gasteiger partial charge is 0.451 e. The van der Waals surface area contributed by atoms with Crippen molar-refractivity contribution in [3.63, 3.8) is 0 Å². The standard InChI is InChI=1S/C22H20N4O5/c1-14-17(10-6-11-18(14)26(29)30)23-20(27)13-31-22(28)21-16-9-5-12-19(16)25(24-21)15-7-3-2-4-8-15/h2-4,6-8,10-11H,5,9,12-13H2,1H3,(H,23,27). The summed E-state index contributed by atoms with van der Waals surface area (Å²) in [6, 6.07) is 13.9. The number of hydrogen-bond donors (Lipinski definition) is 1. The van der Waals surface area contributed by atoms with Gasteiger partial charge in [-0.05, 0) is 44.4 Å². The van der Waals surface area contributed by atoms with Crippen molar-refractivity contribution in [2.45, 2.75) is 26.2 Å². The number of aromatic nitrogens is 2. The number of rotatable bonds is 6. The minimum atomic E-state index is -0.668. The molecule has 0 aliphatic heterocycles. The molecule has 0 radical (unpaired) electrons. The van der Waals surface area contributed by atoms with Gasteiger partial charge in [-0.2, -0.15) is 5.10 Å². The zero-order valence-electron chi connectivity index (χ0n) is 16.8. The van der Waals surface area contributed by atoms with E-state index in [0.717, 1.165) is 36.2 Å². The molecule has 1 aliphatic rings. The van der Waals surface area contributed by atoms with Crippen molar-refractivity contribution in [3.05, 3.63) is 81.2 Å². The summed E-state index contributed by atoms with van der Waals surface area (Å²) in [6.45, 7) is 1.02. The fraction of sp³-hybridized carbons (Fsp3) is 0.227. The van der Waals surface area contributed by atoms with Crippen molar-refractivity contribution in [1.29, 1.82) is 0 Å². The van der Waals surface area contributed by atoms with Crippen molar-refractivity contribution < 1.29 is 19.2 Å². The Labute approximate surface area is 177 Å². The quantitative estimate of drug-likeness (QED) is 0.371. The molecular weight excluding hydrogens is 400 g/mol. The van der Waals surface area contributed by atoms with Gasteiger partial charge in [0.05, 0.1) is 21.9 Å². The third kappa shape index (κ3) is 4.02. The van der Waals surface area contributed by atoms with Gasteiger partial charge in [0.1, 0.15) is 0 Å². The van der Waals surface area contributed by atoms with Gasteiger partial charge in [0.2, 0.25) is 0 Å². The lowest BCUT2D eigenvalue weighted by Crippen LogP contribution is -2.22. The lowest BCUT2D eigenvalue weighted by molar-refractivity contribution is -0.385. The van der Waals surface area contributed by atoms with Crippen LogP contribution >= 0.6 is 0 Å². The average Bonchev–Trinajstić information content (AvgIpc) is 3.37. The number of carbonyl (C=O) groups is 2. The summed E-state index contributed by atoms with van der Waals surface area (Å²) >= 11 is 0. The van der Waals surface area contributed by atoms with Gasteiger partial charge >= 0.3 is 5.97 Å². The first-order valence-corrected chi connectivity index (χ1v) is 9.83. The number of ether oxygens (including phenoxy) is 1. The number of benzene rings is 2. The van der Waals surface area contributed by atoms with Gasteiger partial charge in [0, 0.05) is 17.3 Å². The molecule has 1 aliphatic carbocycles. The van der Waals surface area contributed by atoms with E-state index in [-0.39, 0.29) is 11.4 Å². The Morgan fingerprint density at radius 1 is 1.16 bits per heavy atom. The van der Waals surface area contributed by atoms with Crippen LogP contribution in [-0.2, 0) is 22.4 Å². The van der Waals surface area contributed by atoms with Crippen LogP contribution in [0.15, 0.2) is 48.5 Å². The molecule has 4 rings (SSSR count). The van der Waals surface area contributed by atoms with E-state index < -0.39 is 23.4 Å². The van der Waals surface area contributed by atoms with E-state index in [2.05, 4.69) is 10.4 Å². The van der Waals surface area contributed by atoms with Crippen molar-refractivity contribution in [3.8, 4) is 5.69 Å². The number of nitro benzene ring substituents is 1. The van der Waals surface area contributed by atoms with E-state index in [1.165, 1.54) is 12.1 Å². The topological polar surface area (TPSA) is 116 Å². The summed E-state index contributed by atoms with van der Waals surface area (Å²) in [5, 5.41) is 18.0. The molecule has 31 heavy (non-hydrogen) atoms.